The third-order valence-corrected chi connectivity index (χ3v) is 4.00. The topological polar surface area (TPSA) is 38.5 Å². The van der Waals surface area contributed by atoms with Gasteiger partial charge in [0.05, 0.1) is 12.7 Å². The SMILES string of the molecule is Cc1ccc(N2CCOC(CCN)C2)cc1Br. The molecule has 0 spiro atoms. The first-order valence-corrected chi connectivity index (χ1v) is 6.83. The van der Waals surface area contributed by atoms with Gasteiger partial charge in [-0.25, -0.2) is 0 Å². The van der Waals surface area contributed by atoms with Crippen LogP contribution in [0.2, 0.25) is 0 Å². The van der Waals surface area contributed by atoms with E-state index in [1.807, 2.05) is 0 Å². The minimum Gasteiger partial charge on any atom is -0.374 e. The van der Waals surface area contributed by atoms with Crippen LogP contribution in [0.1, 0.15) is 12.0 Å². The monoisotopic (exact) mass is 298 g/mol. The first-order valence-electron chi connectivity index (χ1n) is 6.03. The van der Waals surface area contributed by atoms with E-state index >= 15 is 0 Å². The van der Waals surface area contributed by atoms with Gasteiger partial charge in [-0.1, -0.05) is 22.0 Å². The number of ether oxygens (including phenoxy) is 1. The van der Waals surface area contributed by atoms with E-state index in [1.165, 1.54) is 11.3 Å². The lowest BCUT2D eigenvalue weighted by atomic mass is 10.1. The van der Waals surface area contributed by atoms with Gasteiger partial charge in [0.15, 0.2) is 0 Å². The number of nitrogens with two attached hydrogens (primary N) is 1. The van der Waals surface area contributed by atoms with Crippen LogP contribution in [0.3, 0.4) is 0 Å². The Labute approximate surface area is 111 Å². The maximum atomic E-state index is 5.69. The van der Waals surface area contributed by atoms with Gasteiger partial charge in [0.25, 0.3) is 0 Å². The van der Waals surface area contributed by atoms with Crippen molar-refractivity contribution in [3.8, 4) is 0 Å². The molecule has 1 aliphatic heterocycles. The smallest absolute Gasteiger partial charge is 0.0762 e. The number of rotatable bonds is 3. The predicted octanol–water partition coefficient (Wildman–Crippen LogP) is 2.31. The highest BCUT2D eigenvalue weighted by Crippen LogP contribution is 2.25. The number of anilines is 1. The standard InChI is InChI=1S/C13H19BrN2O/c1-10-2-3-11(8-13(10)14)16-6-7-17-12(9-16)4-5-15/h2-3,8,12H,4-7,9,15H2,1H3. The van der Waals surface area contributed by atoms with Crippen LogP contribution >= 0.6 is 15.9 Å². The van der Waals surface area contributed by atoms with E-state index in [-0.39, 0.29) is 6.10 Å². The Hall–Kier alpha value is -0.580. The van der Waals surface area contributed by atoms with Gasteiger partial charge in [-0.05, 0) is 37.6 Å². The van der Waals surface area contributed by atoms with Gasteiger partial charge in [0.2, 0.25) is 0 Å². The van der Waals surface area contributed by atoms with Crippen LogP contribution < -0.4 is 10.6 Å². The number of aryl methyl sites for hydroxylation is 1. The van der Waals surface area contributed by atoms with Crippen LogP contribution in [0, 0.1) is 6.92 Å². The van der Waals surface area contributed by atoms with Crippen molar-refractivity contribution in [1.82, 2.24) is 0 Å². The van der Waals surface area contributed by atoms with E-state index < -0.39 is 0 Å². The lowest BCUT2D eigenvalue weighted by molar-refractivity contribution is 0.0369. The highest BCUT2D eigenvalue weighted by Gasteiger charge is 2.20. The lowest BCUT2D eigenvalue weighted by Crippen LogP contribution is -2.43. The molecule has 1 aromatic rings. The summed E-state index contributed by atoms with van der Waals surface area (Å²) in [6.07, 6.45) is 1.21. The molecule has 3 nitrogen and oxygen atoms in total. The fourth-order valence-electron chi connectivity index (χ4n) is 2.09. The van der Waals surface area contributed by atoms with E-state index in [0.29, 0.717) is 6.54 Å². The van der Waals surface area contributed by atoms with Crippen molar-refractivity contribution in [1.29, 1.82) is 0 Å². The quantitative estimate of drug-likeness (QED) is 0.931. The fraction of sp³-hybridized carbons (Fsp3) is 0.538. The zero-order valence-electron chi connectivity index (χ0n) is 10.2. The largest absolute Gasteiger partial charge is 0.374 e. The van der Waals surface area contributed by atoms with Crippen LogP contribution in [-0.4, -0.2) is 32.3 Å². The van der Waals surface area contributed by atoms with E-state index in [2.05, 4.69) is 46.0 Å². The third-order valence-electron chi connectivity index (χ3n) is 3.15. The lowest BCUT2D eigenvalue weighted by Gasteiger charge is -2.34. The Balaban J connectivity index is 2.08. The highest BCUT2D eigenvalue weighted by atomic mass is 79.9. The summed E-state index contributed by atoms with van der Waals surface area (Å²) in [5, 5.41) is 0. The molecule has 0 bridgehead atoms. The number of hydrogen-bond acceptors (Lipinski definition) is 3. The van der Waals surface area contributed by atoms with Crippen LogP contribution in [0.15, 0.2) is 22.7 Å². The van der Waals surface area contributed by atoms with Gasteiger partial charge in [0.1, 0.15) is 0 Å². The van der Waals surface area contributed by atoms with Gasteiger partial charge in [-0.15, -0.1) is 0 Å². The molecule has 17 heavy (non-hydrogen) atoms. The number of nitrogens with zero attached hydrogens (tertiary/aromatic N) is 1. The van der Waals surface area contributed by atoms with E-state index in [1.54, 1.807) is 0 Å². The molecular weight excluding hydrogens is 280 g/mol. The van der Waals surface area contributed by atoms with Crippen molar-refractivity contribution in [2.45, 2.75) is 19.4 Å². The summed E-state index contributed by atoms with van der Waals surface area (Å²) in [7, 11) is 0. The molecule has 2 rings (SSSR count). The minimum atomic E-state index is 0.272. The number of halogens is 1. The van der Waals surface area contributed by atoms with E-state index in [9.17, 15) is 0 Å². The summed E-state index contributed by atoms with van der Waals surface area (Å²) in [4.78, 5) is 2.37. The van der Waals surface area contributed by atoms with Gasteiger partial charge >= 0.3 is 0 Å². The minimum absolute atomic E-state index is 0.272. The van der Waals surface area contributed by atoms with Crippen LogP contribution in [0.4, 0.5) is 5.69 Å². The first kappa shape index (κ1) is 12.9. The third kappa shape index (κ3) is 3.21. The van der Waals surface area contributed by atoms with E-state index in [4.69, 9.17) is 10.5 Å². The van der Waals surface area contributed by atoms with Crippen molar-refractivity contribution < 1.29 is 4.74 Å². The Morgan fingerprint density at radius 1 is 1.53 bits per heavy atom. The van der Waals surface area contributed by atoms with Gasteiger partial charge in [-0.3, -0.25) is 0 Å². The van der Waals surface area contributed by atoms with Crippen molar-refractivity contribution in [2.75, 3.05) is 31.1 Å². The second kappa shape index (κ2) is 5.85. The molecule has 1 aromatic carbocycles. The number of hydrogen-bond donors (Lipinski definition) is 1. The molecule has 0 saturated carbocycles. The van der Waals surface area contributed by atoms with Crippen LogP contribution in [-0.2, 0) is 4.74 Å². The number of benzene rings is 1. The molecule has 0 amide bonds. The molecule has 1 aliphatic rings. The van der Waals surface area contributed by atoms with Crippen molar-refractivity contribution in [3.63, 3.8) is 0 Å². The molecule has 1 heterocycles. The molecule has 1 fully saturated rings. The molecule has 0 aromatic heterocycles. The van der Waals surface area contributed by atoms with Crippen molar-refractivity contribution in [3.05, 3.63) is 28.2 Å². The fourth-order valence-corrected chi connectivity index (χ4v) is 2.46. The van der Waals surface area contributed by atoms with E-state index in [0.717, 1.165) is 30.6 Å². The summed E-state index contributed by atoms with van der Waals surface area (Å²) >= 11 is 3.58. The maximum absolute atomic E-state index is 5.69. The Morgan fingerprint density at radius 2 is 2.35 bits per heavy atom. The molecule has 1 saturated heterocycles. The molecule has 1 unspecified atom stereocenters. The second-order valence-corrected chi connectivity index (χ2v) is 5.30. The maximum Gasteiger partial charge on any atom is 0.0762 e. The molecule has 2 N–H and O–H groups in total. The van der Waals surface area contributed by atoms with Crippen molar-refractivity contribution in [2.24, 2.45) is 5.73 Å². The molecule has 0 aliphatic carbocycles. The van der Waals surface area contributed by atoms with Gasteiger partial charge in [-0.2, -0.15) is 0 Å². The van der Waals surface area contributed by atoms with Crippen molar-refractivity contribution >= 4 is 21.6 Å². The predicted molar refractivity (Wildman–Crippen MR) is 74.5 cm³/mol. The van der Waals surface area contributed by atoms with Gasteiger partial charge < -0.3 is 15.4 Å². The van der Waals surface area contributed by atoms with Gasteiger partial charge in [0, 0.05) is 23.2 Å². The molecule has 94 valence electrons. The Morgan fingerprint density at radius 3 is 3.06 bits per heavy atom. The zero-order valence-corrected chi connectivity index (χ0v) is 11.7. The molecule has 0 radical (unpaired) electrons. The number of morpholine rings is 1. The summed E-state index contributed by atoms with van der Waals surface area (Å²) in [6, 6.07) is 6.50. The second-order valence-electron chi connectivity index (χ2n) is 4.45. The molecule has 1 atom stereocenters. The molecular formula is C13H19BrN2O. The first-order chi connectivity index (χ1) is 8.20. The highest BCUT2D eigenvalue weighted by molar-refractivity contribution is 9.10. The van der Waals surface area contributed by atoms with Crippen LogP contribution in [0.5, 0.6) is 0 Å². The Bertz CT molecular complexity index is 382. The summed E-state index contributed by atoms with van der Waals surface area (Å²) in [5.41, 5.74) is 8.10. The summed E-state index contributed by atoms with van der Waals surface area (Å²) in [5.74, 6) is 0. The summed E-state index contributed by atoms with van der Waals surface area (Å²) < 4.78 is 6.85. The average Bonchev–Trinajstić information content (AvgIpc) is 2.33. The molecule has 4 heteroatoms. The van der Waals surface area contributed by atoms with Crippen LogP contribution in [0.25, 0.3) is 0 Å². The normalized spacial score (nSPS) is 20.6. The average molecular weight is 299 g/mol. The zero-order chi connectivity index (χ0) is 12.3. The summed E-state index contributed by atoms with van der Waals surface area (Å²) in [6.45, 7) is 5.47. The Kier molecular flexibility index (Phi) is 4.42.